The largest absolute Gasteiger partial charge is 0.384 e. The third kappa shape index (κ3) is 2.35. The van der Waals surface area contributed by atoms with Gasteiger partial charge in [-0.3, -0.25) is 9.80 Å². The van der Waals surface area contributed by atoms with E-state index in [1.165, 1.54) is 37.9 Å². The fourth-order valence-corrected chi connectivity index (χ4v) is 3.31. The smallest absolute Gasteiger partial charge is 0.123 e. The Labute approximate surface area is 109 Å². The lowest BCUT2D eigenvalue weighted by atomic mass is 10.1. The number of nitrogens with zero attached hydrogens (tertiary/aromatic N) is 3. The van der Waals surface area contributed by atoms with Crippen molar-refractivity contribution in [3.8, 4) is 0 Å². The van der Waals surface area contributed by atoms with E-state index < -0.39 is 0 Å². The van der Waals surface area contributed by atoms with Crippen LogP contribution in [0.5, 0.6) is 0 Å². The zero-order valence-corrected chi connectivity index (χ0v) is 11.0. The molecule has 2 unspecified atom stereocenters. The molecule has 0 saturated carbocycles. The van der Waals surface area contributed by atoms with Crippen LogP contribution in [0.25, 0.3) is 0 Å². The summed E-state index contributed by atoms with van der Waals surface area (Å²) in [6, 6.07) is 5.55. The first kappa shape index (κ1) is 11.9. The summed E-state index contributed by atoms with van der Waals surface area (Å²) in [6.45, 7) is 3.40. The van der Waals surface area contributed by atoms with Gasteiger partial charge in [-0.2, -0.15) is 0 Å². The second kappa shape index (κ2) is 4.86. The maximum atomic E-state index is 5.62. The number of hydrogen-bond acceptors (Lipinski definition) is 4. The molecule has 18 heavy (non-hydrogen) atoms. The number of anilines is 1. The minimum atomic E-state index is 0.605. The number of likely N-dealkylation sites (N-methyl/N-ethyl adjacent to an activating group) is 1. The van der Waals surface area contributed by atoms with Crippen molar-refractivity contribution < 1.29 is 0 Å². The topological polar surface area (TPSA) is 45.4 Å². The molecule has 3 heterocycles. The quantitative estimate of drug-likeness (QED) is 0.855. The van der Waals surface area contributed by atoms with Crippen LogP contribution in [0.4, 0.5) is 5.82 Å². The van der Waals surface area contributed by atoms with Crippen LogP contribution in [0, 0.1) is 0 Å². The van der Waals surface area contributed by atoms with E-state index in [-0.39, 0.29) is 0 Å². The van der Waals surface area contributed by atoms with Gasteiger partial charge in [0.2, 0.25) is 0 Å². The Kier molecular flexibility index (Phi) is 3.22. The molecule has 0 spiro atoms. The molecule has 2 saturated heterocycles. The highest BCUT2D eigenvalue weighted by Gasteiger charge is 2.34. The highest BCUT2D eigenvalue weighted by molar-refractivity contribution is 5.29. The van der Waals surface area contributed by atoms with Gasteiger partial charge in [-0.1, -0.05) is 6.07 Å². The zero-order chi connectivity index (χ0) is 12.5. The molecule has 2 aliphatic rings. The average Bonchev–Trinajstić information content (AvgIpc) is 2.60. The van der Waals surface area contributed by atoms with Crippen LogP contribution in [0.1, 0.15) is 24.8 Å². The number of nitrogen functional groups attached to an aromatic ring is 1. The molecule has 2 atom stereocenters. The number of nitrogens with two attached hydrogens (primary N) is 1. The second-order valence-corrected chi connectivity index (χ2v) is 5.67. The van der Waals surface area contributed by atoms with Crippen molar-refractivity contribution in [1.82, 2.24) is 14.8 Å². The molecule has 4 heteroatoms. The Morgan fingerprint density at radius 1 is 1.28 bits per heavy atom. The SMILES string of the molecule is CN1C2CCC1CN(Cc1ccc(N)nc1)CC2. The predicted molar refractivity (Wildman–Crippen MR) is 73.1 cm³/mol. The van der Waals surface area contributed by atoms with Crippen molar-refractivity contribution in [1.29, 1.82) is 0 Å². The van der Waals surface area contributed by atoms with Crippen molar-refractivity contribution in [2.75, 3.05) is 25.9 Å². The number of pyridine rings is 1. The van der Waals surface area contributed by atoms with Crippen molar-refractivity contribution in [2.24, 2.45) is 0 Å². The fraction of sp³-hybridized carbons (Fsp3) is 0.643. The Bertz CT molecular complexity index is 403. The van der Waals surface area contributed by atoms with Gasteiger partial charge in [-0.15, -0.1) is 0 Å². The summed E-state index contributed by atoms with van der Waals surface area (Å²) >= 11 is 0. The van der Waals surface area contributed by atoms with E-state index in [0.717, 1.165) is 18.6 Å². The highest BCUT2D eigenvalue weighted by Crippen LogP contribution is 2.28. The molecule has 4 nitrogen and oxygen atoms in total. The minimum Gasteiger partial charge on any atom is -0.384 e. The Hall–Kier alpha value is -1.13. The van der Waals surface area contributed by atoms with Crippen LogP contribution in [-0.2, 0) is 6.54 Å². The molecule has 1 aromatic rings. The molecule has 2 fully saturated rings. The molecule has 1 aromatic heterocycles. The van der Waals surface area contributed by atoms with Crippen molar-refractivity contribution in [3.63, 3.8) is 0 Å². The molecular weight excluding hydrogens is 224 g/mol. The van der Waals surface area contributed by atoms with Crippen LogP contribution < -0.4 is 5.73 Å². The molecule has 0 aromatic carbocycles. The third-order valence-electron chi connectivity index (χ3n) is 4.49. The van der Waals surface area contributed by atoms with Crippen LogP contribution >= 0.6 is 0 Å². The molecular formula is C14H22N4. The van der Waals surface area contributed by atoms with Gasteiger partial charge < -0.3 is 5.73 Å². The van der Waals surface area contributed by atoms with E-state index in [4.69, 9.17) is 5.73 Å². The number of likely N-dealkylation sites (tertiary alicyclic amines) is 1. The standard InChI is InChI=1S/C14H22N4/c1-17-12-3-4-13(17)10-18(7-6-12)9-11-2-5-14(15)16-8-11/h2,5,8,12-13H,3-4,6-7,9-10H2,1H3,(H2,15,16). The van der Waals surface area contributed by atoms with Crippen molar-refractivity contribution in [2.45, 2.75) is 37.9 Å². The van der Waals surface area contributed by atoms with Gasteiger partial charge in [0.1, 0.15) is 5.82 Å². The minimum absolute atomic E-state index is 0.605. The number of rotatable bonds is 2. The Morgan fingerprint density at radius 3 is 2.89 bits per heavy atom. The maximum absolute atomic E-state index is 5.62. The highest BCUT2D eigenvalue weighted by atomic mass is 15.3. The molecule has 0 aliphatic carbocycles. The van der Waals surface area contributed by atoms with E-state index in [0.29, 0.717) is 5.82 Å². The molecule has 2 aliphatic heterocycles. The lowest BCUT2D eigenvalue weighted by Crippen LogP contribution is -2.36. The first-order valence-electron chi connectivity index (χ1n) is 6.87. The number of hydrogen-bond donors (Lipinski definition) is 1. The van der Waals surface area contributed by atoms with Gasteiger partial charge >= 0.3 is 0 Å². The first-order valence-corrected chi connectivity index (χ1v) is 6.87. The van der Waals surface area contributed by atoms with Gasteiger partial charge in [-0.25, -0.2) is 4.98 Å². The zero-order valence-electron chi connectivity index (χ0n) is 11.0. The van der Waals surface area contributed by atoms with E-state index in [2.05, 4.69) is 27.9 Å². The molecule has 0 amide bonds. The monoisotopic (exact) mass is 246 g/mol. The van der Waals surface area contributed by atoms with Crippen molar-refractivity contribution in [3.05, 3.63) is 23.9 Å². The maximum Gasteiger partial charge on any atom is 0.123 e. The van der Waals surface area contributed by atoms with Gasteiger partial charge in [-0.05, 0) is 37.9 Å². The van der Waals surface area contributed by atoms with Crippen LogP contribution in [0.2, 0.25) is 0 Å². The predicted octanol–water partition coefficient (Wildman–Crippen LogP) is 1.33. The van der Waals surface area contributed by atoms with Crippen LogP contribution in [0.3, 0.4) is 0 Å². The lowest BCUT2D eigenvalue weighted by molar-refractivity contribution is 0.214. The Morgan fingerprint density at radius 2 is 2.11 bits per heavy atom. The van der Waals surface area contributed by atoms with Crippen molar-refractivity contribution >= 4 is 5.82 Å². The summed E-state index contributed by atoms with van der Waals surface area (Å²) < 4.78 is 0. The molecule has 0 radical (unpaired) electrons. The fourth-order valence-electron chi connectivity index (χ4n) is 3.31. The normalized spacial score (nSPS) is 29.4. The molecule has 2 bridgehead atoms. The number of fused-ring (bicyclic) bond motifs is 2. The van der Waals surface area contributed by atoms with E-state index in [1.54, 1.807) is 0 Å². The van der Waals surface area contributed by atoms with E-state index >= 15 is 0 Å². The van der Waals surface area contributed by atoms with Gasteiger partial charge in [0.05, 0.1) is 0 Å². The van der Waals surface area contributed by atoms with Crippen LogP contribution in [0.15, 0.2) is 18.3 Å². The average molecular weight is 246 g/mol. The van der Waals surface area contributed by atoms with E-state index in [9.17, 15) is 0 Å². The Balaban J connectivity index is 1.65. The third-order valence-corrected chi connectivity index (χ3v) is 4.49. The summed E-state index contributed by atoms with van der Waals surface area (Å²) in [5.41, 5.74) is 6.89. The lowest BCUT2D eigenvalue weighted by Gasteiger charge is -2.25. The molecule has 2 N–H and O–H groups in total. The first-order chi connectivity index (χ1) is 8.72. The van der Waals surface area contributed by atoms with Gasteiger partial charge in [0.15, 0.2) is 0 Å². The second-order valence-electron chi connectivity index (χ2n) is 5.67. The molecule has 3 rings (SSSR count). The summed E-state index contributed by atoms with van der Waals surface area (Å²) in [7, 11) is 2.29. The van der Waals surface area contributed by atoms with Crippen LogP contribution in [-0.4, -0.2) is 47.0 Å². The molecule has 98 valence electrons. The van der Waals surface area contributed by atoms with Gasteiger partial charge in [0, 0.05) is 37.9 Å². The number of aromatic nitrogens is 1. The summed E-state index contributed by atoms with van der Waals surface area (Å²) in [5, 5.41) is 0. The van der Waals surface area contributed by atoms with E-state index in [1.807, 2.05) is 12.3 Å². The summed E-state index contributed by atoms with van der Waals surface area (Å²) in [5.74, 6) is 0.605. The summed E-state index contributed by atoms with van der Waals surface area (Å²) in [6.07, 6.45) is 5.95. The van der Waals surface area contributed by atoms with Gasteiger partial charge in [0.25, 0.3) is 0 Å². The summed E-state index contributed by atoms with van der Waals surface area (Å²) in [4.78, 5) is 9.32.